The molecule has 1 saturated heterocycles. The molecule has 1 unspecified atom stereocenters. The lowest BCUT2D eigenvalue weighted by molar-refractivity contribution is 0.0502. The molecule has 3 aromatic carbocycles. The van der Waals surface area contributed by atoms with Gasteiger partial charge in [0.15, 0.2) is 0 Å². The highest BCUT2D eigenvalue weighted by molar-refractivity contribution is 6.21. The fourth-order valence-corrected chi connectivity index (χ4v) is 5.02. The van der Waals surface area contributed by atoms with Crippen molar-refractivity contribution in [2.75, 3.05) is 13.1 Å². The zero-order chi connectivity index (χ0) is 21.2. The summed E-state index contributed by atoms with van der Waals surface area (Å²) in [6.07, 6.45) is 3.21. The van der Waals surface area contributed by atoms with Gasteiger partial charge in [-0.15, -0.1) is 0 Å². The number of rotatable bonds is 5. The minimum atomic E-state index is -0.165. The molecule has 31 heavy (non-hydrogen) atoms. The zero-order valence-electron chi connectivity index (χ0n) is 17.5. The van der Waals surface area contributed by atoms with E-state index in [1.54, 1.807) is 12.1 Å². The van der Waals surface area contributed by atoms with Crippen LogP contribution in [0.25, 0.3) is 0 Å². The van der Waals surface area contributed by atoms with Gasteiger partial charge in [-0.3, -0.25) is 19.4 Å². The van der Waals surface area contributed by atoms with Gasteiger partial charge in [0.2, 0.25) is 0 Å². The summed E-state index contributed by atoms with van der Waals surface area (Å²) in [6.45, 7) is 1.38. The van der Waals surface area contributed by atoms with Crippen molar-refractivity contribution in [1.82, 2.24) is 9.80 Å². The van der Waals surface area contributed by atoms with Crippen LogP contribution in [0.15, 0.2) is 84.9 Å². The first-order valence-corrected chi connectivity index (χ1v) is 11.0. The van der Waals surface area contributed by atoms with E-state index in [0.717, 1.165) is 25.8 Å². The maximum atomic E-state index is 13.0. The van der Waals surface area contributed by atoms with Crippen LogP contribution >= 0.6 is 0 Å². The number of carbonyl (C=O) groups is 2. The highest BCUT2D eigenvalue weighted by Crippen LogP contribution is 2.35. The molecule has 0 bridgehead atoms. The standard InChI is InChI=1S/C27H26N2O2/c30-26-23-16-7-8-17-24(23)27(31)29(26)19-22-15-9-10-18-28(22)25(20-11-3-1-4-12-20)21-13-5-2-6-14-21/h1-8,11-14,16-17,22,25H,9-10,15,18-19H2. The number of piperidine rings is 1. The molecule has 0 saturated carbocycles. The van der Waals surface area contributed by atoms with Gasteiger partial charge in [0.25, 0.3) is 11.8 Å². The lowest BCUT2D eigenvalue weighted by atomic mass is 9.91. The van der Waals surface area contributed by atoms with Crippen molar-refractivity contribution in [2.24, 2.45) is 0 Å². The third-order valence-corrected chi connectivity index (χ3v) is 6.51. The van der Waals surface area contributed by atoms with Crippen LogP contribution < -0.4 is 0 Å². The second-order valence-electron chi connectivity index (χ2n) is 8.38. The zero-order valence-corrected chi connectivity index (χ0v) is 17.5. The summed E-state index contributed by atoms with van der Waals surface area (Å²) in [7, 11) is 0. The molecule has 0 spiro atoms. The van der Waals surface area contributed by atoms with Crippen LogP contribution in [0.4, 0.5) is 0 Å². The monoisotopic (exact) mass is 410 g/mol. The van der Waals surface area contributed by atoms with Gasteiger partial charge in [-0.25, -0.2) is 0 Å². The van der Waals surface area contributed by atoms with Gasteiger partial charge in [-0.1, -0.05) is 79.2 Å². The SMILES string of the molecule is O=C1c2ccccc2C(=O)N1CC1CCCCN1C(c1ccccc1)c1ccccc1. The Hall–Kier alpha value is -3.24. The summed E-state index contributed by atoms with van der Waals surface area (Å²) in [4.78, 5) is 29.9. The fraction of sp³-hybridized carbons (Fsp3) is 0.259. The van der Waals surface area contributed by atoms with Gasteiger partial charge in [0.05, 0.1) is 17.2 Å². The molecule has 5 rings (SSSR count). The summed E-state index contributed by atoms with van der Waals surface area (Å²) in [5.74, 6) is -0.329. The highest BCUT2D eigenvalue weighted by Gasteiger charge is 2.39. The van der Waals surface area contributed by atoms with E-state index in [4.69, 9.17) is 0 Å². The number of benzene rings is 3. The van der Waals surface area contributed by atoms with Crippen LogP contribution in [0.2, 0.25) is 0 Å². The van der Waals surface area contributed by atoms with Gasteiger partial charge in [-0.2, -0.15) is 0 Å². The summed E-state index contributed by atoms with van der Waals surface area (Å²) >= 11 is 0. The highest BCUT2D eigenvalue weighted by atomic mass is 16.2. The Morgan fingerprint density at radius 1 is 0.710 bits per heavy atom. The Morgan fingerprint density at radius 2 is 1.23 bits per heavy atom. The molecule has 0 N–H and O–H groups in total. The first-order valence-electron chi connectivity index (χ1n) is 11.0. The molecule has 2 amide bonds. The van der Waals surface area contributed by atoms with E-state index in [0.29, 0.717) is 17.7 Å². The maximum Gasteiger partial charge on any atom is 0.261 e. The molecule has 2 heterocycles. The second-order valence-corrected chi connectivity index (χ2v) is 8.38. The van der Waals surface area contributed by atoms with Crippen molar-refractivity contribution >= 4 is 11.8 Å². The molecule has 1 atom stereocenters. The Bertz CT molecular complexity index is 1010. The fourth-order valence-electron chi connectivity index (χ4n) is 5.02. The molecule has 1 fully saturated rings. The normalized spacial score (nSPS) is 19.1. The van der Waals surface area contributed by atoms with E-state index < -0.39 is 0 Å². The molecule has 2 aliphatic rings. The van der Waals surface area contributed by atoms with Crippen LogP contribution in [0.5, 0.6) is 0 Å². The number of hydrogen-bond donors (Lipinski definition) is 0. The minimum Gasteiger partial charge on any atom is -0.288 e. The number of carbonyl (C=O) groups excluding carboxylic acids is 2. The largest absolute Gasteiger partial charge is 0.288 e. The molecule has 0 aliphatic carbocycles. The van der Waals surface area contributed by atoms with Crippen LogP contribution in [0.1, 0.15) is 57.1 Å². The average Bonchev–Trinajstić information content (AvgIpc) is 3.07. The summed E-state index contributed by atoms with van der Waals surface area (Å²) in [5.41, 5.74) is 3.53. The van der Waals surface area contributed by atoms with Crippen LogP contribution in [0.3, 0.4) is 0 Å². The Kier molecular flexibility index (Phi) is 5.39. The van der Waals surface area contributed by atoms with Gasteiger partial charge in [0.1, 0.15) is 0 Å². The molecule has 156 valence electrons. The first-order chi connectivity index (χ1) is 15.2. The summed E-state index contributed by atoms with van der Waals surface area (Å²) in [5, 5.41) is 0. The van der Waals surface area contributed by atoms with Crippen molar-refractivity contribution in [3.8, 4) is 0 Å². The quantitative estimate of drug-likeness (QED) is 0.560. The predicted octanol–water partition coefficient (Wildman–Crippen LogP) is 4.93. The van der Waals surface area contributed by atoms with Crippen molar-refractivity contribution in [3.05, 3.63) is 107 Å². The Morgan fingerprint density at radius 3 is 1.77 bits per heavy atom. The number of fused-ring (bicyclic) bond motifs is 1. The van der Waals surface area contributed by atoms with Crippen LogP contribution in [-0.4, -0.2) is 40.7 Å². The first kappa shape index (κ1) is 19.7. The number of imide groups is 1. The van der Waals surface area contributed by atoms with E-state index in [-0.39, 0.29) is 23.9 Å². The number of nitrogens with zero attached hydrogens (tertiary/aromatic N) is 2. The van der Waals surface area contributed by atoms with E-state index in [1.165, 1.54) is 16.0 Å². The van der Waals surface area contributed by atoms with Crippen LogP contribution in [-0.2, 0) is 0 Å². The third-order valence-electron chi connectivity index (χ3n) is 6.51. The predicted molar refractivity (Wildman–Crippen MR) is 121 cm³/mol. The number of hydrogen-bond acceptors (Lipinski definition) is 3. The van der Waals surface area contributed by atoms with Gasteiger partial charge >= 0.3 is 0 Å². The third kappa shape index (κ3) is 3.68. The lowest BCUT2D eigenvalue weighted by Crippen LogP contribution is -2.49. The number of likely N-dealkylation sites (tertiary alicyclic amines) is 1. The van der Waals surface area contributed by atoms with E-state index in [2.05, 4.69) is 53.4 Å². The molecular weight excluding hydrogens is 384 g/mol. The molecule has 2 aliphatic heterocycles. The van der Waals surface area contributed by atoms with Gasteiger partial charge in [0, 0.05) is 12.6 Å². The van der Waals surface area contributed by atoms with E-state index in [1.807, 2.05) is 24.3 Å². The van der Waals surface area contributed by atoms with Crippen molar-refractivity contribution in [3.63, 3.8) is 0 Å². The average molecular weight is 411 g/mol. The molecule has 0 aromatic heterocycles. The van der Waals surface area contributed by atoms with Gasteiger partial charge < -0.3 is 0 Å². The second kappa shape index (κ2) is 8.48. The molecule has 4 nitrogen and oxygen atoms in total. The maximum absolute atomic E-state index is 13.0. The number of amides is 2. The molecule has 3 aromatic rings. The molecule has 4 heteroatoms. The molecular formula is C27H26N2O2. The molecule has 0 radical (unpaired) electrons. The van der Waals surface area contributed by atoms with Crippen molar-refractivity contribution < 1.29 is 9.59 Å². The van der Waals surface area contributed by atoms with E-state index in [9.17, 15) is 9.59 Å². The minimum absolute atomic E-state index is 0.0999. The smallest absolute Gasteiger partial charge is 0.261 e. The summed E-state index contributed by atoms with van der Waals surface area (Å²) in [6, 6.07) is 28.5. The summed E-state index contributed by atoms with van der Waals surface area (Å²) < 4.78 is 0. The topological polar surface area (TPSA) is 40.6 Å². The van der Waals surface area contributed by atoms with Crippen molar-refractivity contribution in [2.45, 2.75) is 31.3 Å². The Balaban J connectivity index is 1.47. The lowest BCUT2D eigenvalue weighted by Gasteiger charge is -2.42. The van der Waals surface area contributed by atoms with Gasteiger partial charge in [-0.05, 0) is 42.6 Å². The Labute approximate surface area is 183 Å². The van der Waals surface area contributed by atoms with E-state index >= 15 is 0 Å². The van der Waals surface area contributed by atoms with Crippen molar-refractivity contribution in [1.29, 1.82) is 0 Å². The van der Waals surface area contributed by atoms with Crippen LogP contribution in [0, 0.1) is 0 Å².